The van der Waals surface area contributed by atoms with Crippen molar-refractivity contribution in [3.63, 3.8) is 0 Å². The molecule has 0 aliphatic rings. The monoisotopic (exact) mass is 662 g/mol. The summed E-state index contributed by atoms with van der Waals surface area (Å²) in [5.74, 6) is 0. The van der Waals surface area contributed by atoms with Crippen molar-refractivity contribution < 1.29 is 0 Å². The first-order chi connectivity index (χ1) is 25.8. The van der Waals surface area contributed by atoms with E-state index in [1.165, 1.54) is 65.6 Å². The van der Waals surface area contributed by atoms with Gasteiger partial charge in [0.25, 0.3) is 0 Å². The summed E-state index contributed by atoms with van der Waals surface area (Å²) in [6.45, 7) is 0. The van der Waals surface area contributed by atoms with Crippen molar-refractivity contribution >= 4 is 60.4 Å². The van der Waals surface area contributed by atoms with Gasteiger partial charge in [-0.25, -0.2) is 0 Å². The zero-order chi connectivity index (χ0) is 34.4. The number of hydrogen-bond donors (Lipinski definition) is 0. The van der Waals surface area contributed by atoms with Gasteiger partial charge >= 0.3 is 0 Å². The number of para-hydroxylation sites is 2. The lowest BCUT2D eigenvalue weighted by Crippen LogP contribution is -2.10. The molecule has 0 spiro atoms. The van der Waals surface area contributed by atoms with E-state index in [0.29, 0.717) is 0 Å². The third-order valence-electron chi connectivity index (χ3n) is 10.3. The standard InChI is InChI=1S/C50H34N2/c1-3-13-35(14-4-1)37-27-30-42(31-28-37)51(41-18-5-2-6-19-41)43-20-12-21-44(34-43)52-47-24-10-9-22-46(47)50-48(52)32-29-38-17-11-23-45(49(38)50)40-26-25-36-15-7-8-16-39(36)33-40/h1-34H. The van der Waals surface area contributed by atoms with Gasteiger partial charge in [0.05, 0.1) is 11.0 Å². The highest BCUT2D eigenvalue weighted by atomic mass is 15.1. The molecule has 0 atom stereocenters. The second-order valence-corrected chi connectivity index (χ2v) is 13.4. The predicted octanol–water partition coefficient (Wildman–Crippen LogP) is 13.9. The van der Waals surface area contributed by atoms with Crippen molar-refractivity contribution in [1.82, 2.24) is 4.57 Å². The molecular formula is C50H34N2. The highest BCUT2D eigenvalue weighted by Crippen LogP contribution is 2.43. The van der Waals surface area contributed by atoms with E-state index in [1.54, 1.807) is 0 Å². The van der Waals surface area contributed by atoms with E-state index in [-0.39, 0.29) is 0 Å². The Labute approximate surface area is 303 Å². The van der Waals surface area contributed by atoms with Crippen LogP contribution in [0, 0.1) is 0 Å². The van der Waals surface area contributed by atoms with E-state index in [9.17, 15) is 0 Å². The quantitative estimate of drug-likeness (QED) is 0.172. The summed E-state index contributed by atoms with van der Waals surface area (Å²) < 4.78 is 2.44. The van der Waals surface area contributed by atoms with Gasteiger partial charge in [-0.1, -0.05) is 146 Å². The van der Waals surface area contributed by atoms with Gasteiger partial charge in [-0.2, -0.15) is 0 Å². The van der Waals surface area contributed by atoms with Crippen LogP contribution in [0.25, 0.3) is 71.3 Å². The summed E-state index contributed by atoms with van der Waals surface area (Å²) in [6, 6.07) is 74.6. The molecule has 0 bridgehead atoms. The Morgan fingerprint density at radius 2 is 0.942 bits per heavy atom. The van der Waals surface area contributed by atoms with Crippen LogP contribution in [0.5, 0.6) is 0 Å². The number of nitrogens with zero attached hydrogens (tertiary/aromatic N) is 2. The highest BCUT2D eigenvalue weighted by Gasteiger charge is 2.19. The first kappa shape index (κ1) is 30.0. The minimum absolute atomic E-state index is 1.10. The Bertz CT molecular complexity index is 2890. The van der Waals surface area contributed by atoms with E-state index in [2.05, 4.69) is 216 Å². The Balaban J connectivity index is 1.17. The first-order valence-electron chi connectivity index (χ1n) is 17.9. The average molecular weight is 663 g/mol. The van der Waals surface area contributed by atoms with E-state index in [0.717, 1.165) is 22.7 Å². The first-order valence-corrected chi connectivity index (χ1v) is 17.9. The third kappa shape index (κ3) is 5.04. The Morgan fingerprint density at radius 3 is 1.79 bits per heavy atom. The van der Waals surface area contributed by atoms with Gasteiger partial charge in [-0.15, -0.1) is 0 Å². The molecule has 2 heteroatoms. The van der Waals surface area contributed by atoms with Gasteiger partial charge in [0, 0.05) is 33.5 Å². The van der Waals surface area contributed by atoms with Gasteiger partial charge in [0.1, 0.15) is 0 Å². The fourth-order valence-electron chi connectivity index (χ4n) is 7.94. The molecule has 0 aliphatic carbocycles. The molecule has 10 rings (SSSR count). The summed E-state index contributed by atoms with van der Waals surface area (Å²) in [5, 5.41) is 7.55. The lowest BCUT2D eigenvalue weighted by atomic mass is 9.93. The third-order valence-corrected chi connectivity index (χ3v) is 10.3. The number of aromatic nitrogens is 1. The topological polar surface area (TPSA) is 8.17 Å². The molecule has 0 aliphatic heterocycles. The Kier molecular flexibility index (Phi) is 7.18. The van der Waals surface area contributed by atoms with Crippen LogP contribution < -0.4 is 4.90 Å². The van der Waals surface area contributed by atoms with Gasteiger partial charge in [-0.3, -0.25) is 0 Å². The van der Waals surface area contributed by atoms with Gasteiger partial charge in [0.2, 0.25) is 0 Å². The van der Waals surface area contributed by atoms with Crippen LogP contribution in [0.4, 0.5) is 17.1 Å². The smallest absolute Gasteiger partial charge is 0.0547 e. The fourth-order valence-corrected chi connectivity index (χ4v) is 7.94. The van der Waals surface area contributed by atoms with Crippen molar-refractivity contribution in [3.05, 3.63) is 206 Å². The summed E-state index contributed by atoms with van der Waals surface area (Å²) in [7, 11) is 0. The fraction of sp³-hybridized carbons (Fsp3) is 0. The molecule has 2 nitrogen and oxygen atoms in total. The minimum atomic E-state index is 1.10. The number of anilines is 3. The van der Waals surface area contributed by atoms with E-state index in [4.69, 9.17) is 0 Å². The largest absolute Gasteiger partial charge is 0.310 e. The van der Waals surface area contributed by atoms with Crippen LogP contribution >= 0.6 is 0 Å². The molecule has 0 N–H and O–H groups in total. The summed E-state index contributed by atoms with van der Waals surface area (Å²) >= 11 is 0. The molecule has 0 fully saturated rings. The molecule has 0 radical (unpaired) electrons. The average Bonchev–Trinajstić information content (AvgIpc) is 3.56. The van der Waals surface area contributed by atoms with Gasteiger partial charge < -0.3 is 9.47 Å². The van der Waals surface area contributed by atoms with Crippen LogP contribution in [0.15, 0.2) is 206 Å². The zero-order valence-electron chi connectivity index (χ0n) is 28.5. The Hall–Kier alpha value is -6.90. The van der Waals surface area contributed by atoms with E-state index < -0.39 is 0 Å². The van der Waals surface area contributed by atoms with E-state index in [1.807, 2.05) is 0 Å². The van der Waals surface area contributed by atoms with Crippen molar-refractivity contribution in [1.29, 1.82) is 0 Å². The molecule has 1 heterocycles. The van der Waals surface area contributed by atoms with Crippen LogP contribution in [0.3, 0.4) is 0 Å². The molecule has 9 aromatic carbocycles. The lowest BCUT2D eigenvalue weighted by molar-refractivity contribution is 1.17. The second kappa shape index (κ2) is 12.5. The van der Waals surface area contributed by atoms with Crippen LogP contribution in [0.1, 0.15) is 0 Å². The van der Waals surface area contributed by atoms with E-state index >= 15 is 0 Å². The molecule has 0 amide bonds. The van der Waals surface area contributed by atoms with Crippen molar-refractivity contribution in [2.24, 2.45) is 0 Å². The lowest BCUT2D eigenvalue weighted by Gasteiger charge is -2.26. The minimum Gasteiger partial charge on any atom is -0.310 e. The van der Waals surface area contributed by atoms with Crippen molar-refractivity contribution in [2.45, 2.75) is 0 Å². The summed E-state index contributed by atoms with van der Waals surface area (Å²) in [6.07, 6.45) is 0. The maximum Gasteiger partial charge on any atom is 0.0547 e. The number of hydrogen-bond acceptors (Lipinski definition) is 1. The maximum absolute atomic E-state index is 2.44. The molecule has 0 saturated carbocycles. The molecule has 0 unspecified atom stereocenters. The van der Waals surface area contributed by atoms with Crippen LogP contribution in [-0.4, -0.2) is 4.57 Å². The zero-order valence-corrected chi connectivity index (χ0v) is 28.5. The van der Waals surface area contributed by atoms with Gasteiger partial charge in [-0.05, 0) is 104 Å². The number of fused-ring (bicyclic) bond motifs is 6. The maximum atomic E-state index is 2.44. The SMILES string of the molecule is c1ccc(-c2ccc(N(c3ccccc3)c3cccc(-n4c5ccccc5c5c6c(-c7ccc8ccccc8c7)cccc6ccc54)c3)cc2)cc1. The molecule has 244 valence electrons. The van der Waals surface area contributed by atoms with Gasteiger partial charge in [0.15, 0.2) is 0 Å². The summed E-state index contributed by atoms with van der Waals surface area (Å²) in [4.78, 5) is 2.35. The predicted molar refractivity (Wildman–Crippen MR) is 221 cm³/mol. The number of benzene rings is 9. The Morgan fingerprint density at radius 1 is 0.327 bits per heavy atom. The molecule has 10 aromatic rings. The molecule has 0 saturated heterocycles. The van der Waals surface area contributed by atoms with Crippen molar-refractivity contribution in [3.8, 4) is 27.9 Å². The van der Waals surface area contributed by atoms with Crippen LogP contribution in [0.2, 0.25) is 0 Å². The summed E-state index contributed by atoms with van der Waals surface area (Å²) in [5.41, 5.74) is 11.7. The second-order valence-electron chi connectivity index (χ2n) is 13.4. The number of rotatable bonds is 6. The van der Waals surface area contributed by atoms with Crippen LogP contribution in [-0.2, 0) is 0 Å². The van der Waals surface area contributed by atoms with Crippen molar-refractivity contribution in [2.75, 3.05) is 4.90 Å². The normalized spacial score (nSPS) is 11.5. The molecule has 52 heavy (non-hydrogen) atoms. The molecular weight excluding hydrogens is 629 g/mol. The highest BCUT2D eigenvalue weighted by molar-refractivity contribution is 6.25. The molecule has 1 aromatic heterocycles.